The van der Waals surface area contributed by atoms with E-state index < -0.39 is 13.0 Å². The largest absolute Gasteiger partial charge is 0.492 e. The van der Waals surface area contributed by atoms with Gasteiger partial charge in [-0.15, -0.1) is 0 Å². The van der Waals surface area contributed by atoms with Gasteiger partial charge in [0.2, 0.25) is 0 Å². The van der Waals surface area contributed by atoms with Crippen LogP contribution in [0.1, 0.15) is 17.8 Å². The number of benzene rings is 1. The van der Waals surface area contributed by atoms with Gasteiger partial charge in [0.05, 0.1) is 6.54 Å². The average molecular weight is 308 g/mol. The van der Waals surface area contributed by atoms with Crippen molar-refractivity contribution < 1.29 is 13.5 Å². The van der Waals surface area contributed by atoms with Crippen LogP contribution < -0.4 is 10.1 Å². The minimum absolute atomic E-state index is 0.157. The van der Waals surface area contributed by atoms with Crippen LogP contribution in [0.25, 0.3) is 0 Å². The fourth-order valence-corrected chi connectivity index (χ4v) is 2.56. The van der Waals surface area contributed by atoms with Crippen LogP contribution in [0.3, 0.4) is 0 Å². The van der Waals surface area contributed by atoms with Crippen molar-refractivity contribution in [2.75, 3.05) is 6.61 Å². The van der Waals surface area contributed by atoms with Crippen molar-refractivity contribution in [2.45, 2.75) is 38.4 Å². The molecule has 2 aromatic rings. The van der Waals surface area contributed by atoms with Crippen molar-refractivity contribution in [3.05, 3.63) is 42.0 Å². The van der Waals surface area contributed by atoms with Gasteiger partial charge >= 0.3 is 0 Å². The Morgan fingerprint density at radius 1 is 1.36 bits per heavy atom. The Bertz CT molecular complexity index is 590. The molecule has 0 fully saturated rings. The van der Waals surface area contributed by atoms with Gasteiger partial charge in [-0.3, -0.25) is 0 Å². The summed E-state index contributed by atoms with van der Waals surface area (Å²) in [6, 6.07) is 8.15. The van der Waals surface area contributed by atoms with Gasteiger partial charge in [-0.25, -0.2) is 18.4 Å². The maximum Gasteiger partial charge on any atom is 0.257 e. The Kier molecular flexibility index (Phi) is 4.62. The summed E-state index contributed by atoms with van der Waals surface area (Å²) in [5.74, 6) is 1.44. The number of para-hydroxylation sites is 1. The normalized spacial score (nSPS) is 17.9. The Hall–Kier alpha value is -2.02. The SMILES string of the molecule is FC(F)Cn1ncnc1CNC1CCc2ccccc2OC1. The highest BCUT2D eigenvalue weighted by molar-refractivity contribution is 5.34. The van der Waals surface area contributed by atoms with Gasteiger partial charge in [-0.2, -0.15) is 5.10 Å². The highest BCUT2D eigenvalue weighted by atomic mass is 19.3. The molecule has 0 spiro atoms. The number of alkyl halides is 2. The molecule has 1 unspecified atom stereocenters. The molecule has 1 N–H and O–H groups in total. The fraction of sp³-hybridized carbons (Fsp3) is 0.467. The minimum atomic E-state index is -2.43. The Morgan fingerprint density at radius 2 is 2.23 bits per heavy atom. The summed E-state index contributed by atoms with van der Waals surface area (Å²) in [7, 11) is 0. The minimum Gasteiger partial charge on any atom is -0.492 e. The van der Waals surface area contributed by atoms with E-state index in [1.807, 2.05) is 18.2 Å². The van der Waals surface area contributed by atoms with Crippen LogP contribution in [0.4, 0.5) is 8.78 Å². The van der Waals surface area contributed by atoms with E-state index >= 15 is 0 Å². The van der Waals surface area contributed by atoms with Crippen LogP contribution in [0.5, 0.6) is 5.75 Å². The summed E-state index contributed by atoms with van der Waals surface area (Å²) in [5, 5.41) is 7.14. The lowest BCUT2D eigenvalue weighted by atomic mass is 10.1. The number of ether oxygens (including phenoxy) is 1. The first-order chi connectivity index (χ1) is 10.7. The molecule has 0 saturated heterocycles. The van der Waals surface area contributed by atoms with Crippen LogP contribution in [0, 0.1) is 0 Å². The number of nitrogens with zero attached hydrogens (tertiary/aromatic N) is 3. The lowest BCUT2D eigenvalue weighted by molar-refractivity contribution is 0.120. The lowest BCUT2D eigenvalue weighted by Crippen LogP contribution is -2.34. The quantitative estimate of drug-likeness (QED) is 0.918. The van der Waals surface area contributed by atoms with Crippen molar-refractivity contribution >= 4 is 0 Å². The molecular weight excluding hydrogens is 290 g/mol. The van der Waals surface area contributed by atoms with E-state index in [1.54, 1.807) is 0 Å². The summed E-state index contributed by atoms with van der Waals surface area (Å²) in [6.45, 7) is 0.528. The third-order valence-corrected chi connectivity index (χ3v) is 3.73. The van der Waals surface area contributed by atoms with Gasteiger partial charge in [-0.05, 0) is 24.5 Å². The number of aryl methyl sites for hydroxylation is 1. The first-order valence-corrected chi connectivity index (χ1v) is 7.31. The molecule has 2 heterocycles. The molecule has 0 amide bonds. The average Bonchev–Trinajstić information content (AvgIpc) is 2.82. The summed E-state index contributed by atoms with van der Waals surface area (Å²) < 4.78 is 31.9. The number of fused-ring (bicyclic) bond motifs is 1. The number of hydrogen-bond acceptors (Lipinski definition) is 4. The molecule has 0 saturated carbocycles. The Balaban J connectivity index is 1.56. The van der Waals surface area contributed by atoms with E-state index in [1.165, 1.54) is 16.6 Å². The molecule has 3 rings (SSSR count). The second kappa shape index (κ2) is 6.83. The van der Waals surface area contributed by atoms with E-state index in [2.05, 4.69) is 21.5 Å². The maximum atomic E-state index is 12.4. The fourth-order valence-electron chi connectivity index (χ4n) is 2.56. The van der Waals surface area contributed by atoms with Crippen molar-refractivity contribution in [3.8, 4) is 5.75 Å². The molecule has 1 atom stereocenters. The zero-order valence-corrected chi connectivity index (χ0v) is 12.1. The van der Waals surface area contributed by atoms with Crippen LogP contribution in [-0.2, 0) is 19.5 Å². The lowest BCUT2D eigenvalue weighted by Gasteiger charge is -2.16. The summed E-state index contributed by atoms with van der Waals surface area (Å²) in [4.78, 5) is 4.03. The smallest absolute Gasteiger partial charge is 0.257 e. The van der Waals surface area contributed by atoms with Crippen molar-refractivity contribution in [1.82, 2.24) is 20.1 Å². The van der Waals surface area contributed by atoms with Crippen LogP contribution in [-0.4, -0.2) is 33.8 Å². The van der Waals surface area contributed by atoms with E-state index in [0.29, 0.717) is 19.0 Å². The first kappa shape index (κ1) is 14.9. The van der Waals surface area contributed by atoms with Crippen molar-refractivity contribution in [2.24, 2.45) is 0 Å². The molecule has 0 aliphatic carbocycles. The van der Waals surface area contributed by atoms with Crippen LogP contribution in [0.15, 0.2) is 30.6 Å². The van der Waals surface area contributed by atoms with Gasteiger partial charge in [0, 0.05) is 6.04 Å². The molecule has 22 heavy (non-hydrogen) atoms. The number of aromatic nitrogens is 3. The molecular formula is C15H18F2N4O. The summed E-state index contributed by atoms with van der Waals surface area (Å²) in [6.07, 6.45) is 0.729. The van der Waals surface area contributed by atoms with Gasteiger partial charge in [0.25, 0.3) is 6.43 Å². The highest BCUT2D eigenvalue weighted by Gasteiger charge is 2.17. The van der Waals surface area contributed by atoms with Crippen molar-refractivity contribution in [3.63, 3.8) is 0 Å². The zero-order chi connectivity index (χ0) is 15.4. The number of nitrogens with one attached hydrogen (secondary N) is 1. The monoisotopic (exact) mass is 308 g/mol. The number of halogens is 2. The second-order valence-corrected chi connectivity index (χ2v) is 5.28. The number of rotatable bonds is 5. The first-order valence-electron chi connectivity index (χ1n) is 7.31. The van der Waals surface area contributed by atoms with Gasteiger partial charge in [-0.1, -0.05) is 18.2 Å². The molecule has 1 aliphatic rings. The van der Waals surface area contributed by atoms with Gasteiger partial charge in [0.15, 0.2) is 0 Å². The zero-order valence-electron chi connectivity index (χ0n) is 12.1. The Labute approximate surface area is 127 Å². The van der Waals surface area contributed by atoms with E-state index in [4.69, 9.17) is 4.74 Å². The predicted molar refractivity (Wildman–Crippen MR) is 76.9 cm³/mol. The second-order valence-electron chi connectivity index (χ2n) is 5.28. The third-order valence-electron chi connectivity index (χ3n) is 3.73. The van der Waals surface area contributed by atoms with E-state index in [9.17, 15) is 8.78 Å². The van der Waals surface area contributed by atoms with E-state index in [0.717, 1.165) is 18.6 Å². The van der Waals surface area contributed by atoms with Crippen LogP contribution in [0.2, 0.25) is 0 Å². The summed E-state index contributed by atoms with van der Waals surface area (Å²) in [5.41, 5.74) is 1.20. The van der Waals surface area contributed by atoms with Gasteiger partial charge < -0.3 is 10.1 Å². The standard InChI is InChI=1S/C15H18F2N4O/c16-14(17)8-21-15(19-10-20-21)7-18-12-6-5-11-3-1-2-4-13(11)22-9-12/h1-4,10,12,14,18H,5-9H2. The third kappa shape index (κ3) is 3.59. The molecule has 0 radical (unpaired) electrons. The number of hydrogen-bond donors (Lipinski definition) is 1. The molecule has 1 aliphatic heterocycles. The molecule has 118 valence electrons. The van der Waals surface area contributed by atoms with E-state index in [-0.39, 0.29) is 6.04 Å². The molecule has 5 nitrogen and oxygen atoms in total. The Morgan fingerprint density at radius 3 is 3.09 bits per heavy atom. The van der Waals surface area contributed by atoms with Gasteiger partial charge in [0.1, 0.15) is 31.1 Å². The summed E-state index contributed by atoms with van der Waals surface area (Å²) >= 11 is 0. The molecule has 7 heteroatoms. The van der Waals surface area contributed by atoms with Crippen LogP contribution >= 0.6 is 0 Å². The van der Waals surface area contributed by atoms with Crippen molar-refractivity contribution in [1.29, 1.82) is 0 Å². The molecule has 0 bridgehead atoms. The highest BCUT2D eigenvalue weighted by Crippen LogP contribution is 2.23. The molecule has 1 aromatic carbocycles. The topological polar surface area (TPSA) is 52.0 Å². The molecule has 1 aromatic heterocycles. The predicted octanol–water partition coefficient (Wildman–Crippen LogP) is 2.03. The maximum absolute atomic E-state index is 12.4.